The molecule has 0 spiro atoms. The molecule has 0 bridgehead atoms. The quantitative estimate of drug-likeness (QED) is 0.720. The van der Waals surface area contributed by atoms with E-state index in [4.69, 9.17) is 11.6 Å². The lowest BCUT2D eigenvalue weighted by Crippen LogP contribution is -2.40. The first-order valence-electron chi connectivity index (χ1n) is 9.18. The fourth-order valence-electron chi connectivity index (χ4n) is 3.55. The van der Waals surface area contributed by atoms with Crippen molar-refractivity contribution in [3.8, 4) is 0 Å². The lowest BCUT2D eigenvalue weighted by atomic mass is 9.96. The summed E-state index contributed by atoms with van der Waals surface area (Å²) >= 11 is 5.63. The van der Waals surface area contributed by atoms with Gasteiger partial charge < -0.3 is 5.32 Å². The Labute approximate surface area is 167 Å². The molecule has 7 heteroatoms. The summed E-state index contributed by atoms with van der Waals surface area (Å²) in [6, 6.07) is 11.7. The van der Waals surface area contributed by atoms with Gasteiger partial charge in [0.15, 0.2) is 0 Å². The first kappa shape index (κ1) is 20.7. The number of nitrogens with one attached hydrogen (secondary N) is 1. The summed E-state index contributed by atoms with van der Waals surface area (Å²) in [4.78, 5) is 14.8. The fourth-order valence-corrected chi connectivity index (χ4v) is 3.77. The van der Waals surface area contributed by atoms with Gasteiger partial charge in [-0.1, -0.05) is 41.4 Å². The van der Waals surface area contributed by atoms with Crippen LogP contribution in [0.2, 0.25) is 5.02 Å². The molecule has 1 atom stereocenters. The molecule has 0 aromatic heterocycles. The predicted octanol–water partition coefficient (Wildman–Crippen LogP) is 5.52. The van der Waals surface area contributed by atoms with Crippen LogP contribution in [0.3, 0.4) is 0 Å². The van der Waals surface area contributed by atoms with E-state index in [1.54, 1.807) is 0 Å². The number of benzene rings is 2. The highest BCUT2D eigenvalue weighted by molar-refractivity contribution is 6.31. The number of hydrogen-bond acceptors (Lipinski definition) is 2. The van der Waals surface area contributed by atoms with Crippen LogP contribution in [-0.4, -0.2) is 23.9 Å². The molecule has 0 saturated carbocycles. The van der Waals surface area contributed by atoms with Crippen LogP contribution in [-0.2, 0) is 17.5 Å². The zero-order valence-corrected chi connectivity index (χ0v) is 16.3. The maximum absolute atomic E-state index is 13.0. The molecule has 1 aliphatic rings. The number of nitrogens with zero attached hydrogens (tertiary/aromatic N) is 1. The van der Waals surface area contributed by atoms with Crippen molar-refractivity contribution in [2.24, 2.45) is 5.92 Å². The zero-order chi connectivity index (χ0) is 20.3. The Bertz CT molecular complexity index is 854. The van der Waals surface area contributed by atoms with Gasteiger partial charge in [-0.05, 0) is 50.1 Å². The van der Waals surface area contributed by atoms with Gasteiger partial charge in [0.25, 0.3) is 0 Å². The zero-order valence-electron chi connectivity index (χ0n) is 15.5. The molecule has 1 unspecified atom stereocenters. The number of anilines is 1. The second-order valence-electron chi connectivity index (χ2n) is 7.24. The molecule has 2 aromatic carbocycles. The van der Waals surface area contributed by atoms with Gasteiger partial charge in [0.05, 0.1) is 16.5 Å². The minimum atomic E-state index is -4.56. The molecule has 1 N–H and O–H groups in total. The van der Waals surface area contributed by atoms with Crippen molar-refractivity contribution < 1.29 is 18.0 Å². The van der Waals surface area contributed by atoms with Crippen molar-refractivity contribution in [2.75, 3.05) is 18.4 Å². The van der Waals surface area contributed by atoms with Crippen LogP contribution in [0.15, 0.2) is 42.5 Å². The maximum atomic E-state index is 13.0. The van der Waals surface area contributed by atoms with Crippen molar-refractivity contribution in [3.63, 3.8) is 0 Å². The van der Waals surface area contributed by atoms with Crippen LogP contribution in [0.25, 0.3) is 0 Å². The monoisotopic (exact) mass is 410 g/mol. The third-order valence-electron chi connectivity index (χ3n) is 4.90. The molecule has 28 heavy (non-hydrogen) atoms. The molecule has 150 valence electrons. The predicted molar refractivity (Wildman–Crippen MR) is 104 cm³/mol. The Balaban J connectivity index is 1.64. The van der Waals surface area contributed by atoms with E-state index in [2.05, 4.69) is 22.3 Å². The van der Waals surface area contributed by atoms with Crippen LogP contribution in [0.5, 0.6) is 0 Å². The van der Waals surface area contributed by atoms with Gasteiger partial charge in [0.2, 0.25) is 5.91 Å². The summed E-state index contributed by atoms with van der Waals surface area (Å²) < 4.78 is 39.0. The summed E-state index contributed by atoms with van der Waals surface area (Å²) in [6.07, 6.45) is -2.97. The Hall–Kier alpha value is -2.05. The van der Waals surface area contributed by atoms with Gasteiger partial charge in [0, 0.05) is 18.8 Å². The van der Waals surface area contributed by atoms with Gasteiger partial charge in [0.1, 0.15) is 0 Å². The maximum Gasteiger partial charge on any atom is 0.417 e. The Morgan fingerprint density at radius 1 is 1.25 bits per heavy atom. The molecule has 1 aliphatic heterocycles. The molecule has 0 aliphatic carbocycles. The Kier molecular flexibility index (Phi) is 6.30. The fraction of sp³-hybridized carbons (Fsp3) is 0.381. The summed E-state index contributed by atoms with van der Waals surface area (Å²) in [5.74, 6) is -0.520. The number of carbonyl (C=O) groups excluding carboxylic acids is 1. The molecule has 2 aromatic rings. The van der Waals surface area contributed by atoms with E-state index in [-0.39, 0.29) is 22.5 Å². The minimum Gasteiger partial charge on any atom is -0.326 e. The van der Waals surface area contributed by atoms with Crippen molar-refractivity contribution in [2.45, 2.75) is 32.5 Å². The standard InChI is InChI=1S/C21H22ClF3N2O/c1-14-4-2-5-15(10-14)12-27-9-3-6-16(13-27)20(28)26-17-7-8-19(22)18(11-17)21(23,24)25/h2,4-5,7-8,10-11,16H,3,6,9,12-13H2,1H3,(H,26,28). The number of amides is 1. The second-order valence-corrected chi connectivity index (χ2v) is 7.65. The summed E-state index contributed by atoms with van der Waals surface area (Å²) in [7, 11) is 0. The van der Waals surface area contributed by atoms with Gasteiger partial charge in [-0.2, -0.15) is 13.2 Å². The molecule has 3 rings (SSSR count). The van der Waals surface area contributed by atoms with Crippen LogP contribution in [0.4, 0.5) is 18.9 Å². The molecule has 1 fully saturated rings. The SMILES string of the molecule is Cc1cccc(CN2CCCC(C(=O)Nc3ccc(Cl)c(C(F)(F)F)c3)C2)c1. The van der Waals surface area contributed by atoms with Crippen molar-refractivity contribution in [3.05, 3.63) is 64.2 Å². The van der Waals surface area contributed by atoms with Gasteiger partial charge >= 0.3 is 6.18 Å². The first-order chi connectivity index (χ1) is 13.2. The van der Waals surface area contributed by atoms with Crippen molar-refractivity contribution >= 4 is 23.2 Å². The Morgan fingerprint density at radius 2 is 2.04 bits per heavy atom. The van der Waals surface area contributed by atoms with Crippen molar-refractivity contribution in [1.82, 2.24) is 4.90 Å². The number of carbonyl (C=O) groups is 1. The molecule has 0 radical (unpaired) electrons. The Morgan fingerprint density at radius 3 is 2.75 bits per heavy atom. The molecule has 1 saturated heterocycles. The summed E-state index contributed by atoms with van der Waals surface area (Å²) in [5, 5.41) is 2.24. The van der Waals surface area contributed by atoms with Crippen molar-refractivity contribution in [1.29, 1.82) is 0 Å². The molecular formula is C21H22ClF3N2O. The van der Waals surface area contributed by atoms with E-state index >= 15 is 0 Å². The lowest BCUT2D eigenvalue weighted by molar-refractivity contribution is -0.137. The second kappa shape index (κ2) is 8.53. The van der Waals surface area contributed by atoms with Gasteiger partial charge in [-0.15, -0.1) is 0 Å². The highest BCUT2D eigenvalue weighted by Crippen LogP contribution is 2.36. The third-order valence-corrected chi connectivity index (χ3v) is 5.23. The number of rotatable bonds is 4. The normalized spacial score (nSPS) is 18.1. The van der Waals surface area contributed by atoms with Gasteiger partial charge in [-0.3, -0.25) is 9.69 Å². The van der Waals surface area contributed by atoms with Crippen LogP contribution >= 0.6 is 11.6 Å². The largest absolute Gasteiger partial charge is 0.417 e. The van der Waals surface area contributed by atoms with Gasteiger partial charge in [-0.25, -0.2) is 0 Å². The number of hydrogen-bond donors (Lipinski definition) is 1. The topological polar surface area (TPSA) is 32.3 Å². The average Bonchev–Trinajstić information content (AvgIpc) is 2.62. The first-order valence-corrected chi connectivity index (χ1v) is 9.55. The van der Waals surface area contributed by atoms with Crippen LogP contribution < -0.4 is 5.32 Å². The van der Waals surface area contributed by atoms with E-state index in [9.17, 15) is 18.0 Å². The van der Waals surface area contributed by atoms with E-state index in [0.717, 1.165) is 38.1 Å². The number of aryl methyl sites for hydroxylation is 1. The molecular weight excluding hydrogens is 389 g/mol. The summed E-state index contributed by atoms with van der Waals surface area (Å²) in [5.41, 5.74) is 1.54. The molecule has 1 heterocycles. The molecule has 1 amide bonds. The van der Waals surface area contributed by atoms with Crippen LogP contribution in [0.1, 0.15) is 29.5 Å². The highest BCUT2D eigenvalue weighted by atomic mass is 35.5. The van der Waals surface area contributed by atoms with Crippen LogP contribution in [0, 0.1) is 12.8 Å². The minimum absolute atomic E-state index is 0.109. The van der Waals surface area contributed by atoms with E-state index in [1.807, 2.05) is 19.1 Å². The lowest BCUT2D eigenvalue weighted by Gasteiger charge is -2.32. The van der Waals surface area contributed by atoms with E-state index in [0.29, 0.717) is 6.54 Å². The number of halogens is 4. The van der Waals surface area contributed by atoms with E-state index in [1.165, 1.54) is 17.2 Å². The number of likely N-dealkylation sites (tertiary alicyclic amines) is 1. The smallest absolute Gasteiger partial charge is 0.326 e. The summed E-state index contributed by atoms with van der Waals surface area (Å²) in [6.45, 7) is 4.28. The van der Waals surface area contributed by atoms with E-state index < -0.39 is 11.7 Å². The third kappa shape index (κ3) is 5.26. The highest BCUT2D eigenvalue weighted by Gasteiger charge is 2.34. The average molecular weight is 411 g/mol. The number of alkyl halides is 3. The molecule has 3 nitrogen and oxygen atoms in total. The number of piperidine rings is 1.